The maximum absolute atomic E-state index is 12.6. The van der Waals surface area contributed by atoms with Crippen molar-refractivity contribution in [2.45, 2.75) is 238 Å². The fourth-order valence-electron chi connectivity index (χ4n) is 7.51. The number of phosphoric acid groups is 1. The Labute approximate surface area is 435 Å². The van der Waals surface area contributed by atoms with Gasteiger partial charge in [-0.1, -0.05) is 245 Å². The van der Waals surface area contributed by atoms with E-state index >= 15 is 0 Å². The van der Waals surface area contributed by atoms with Gasteiger partial charge in [-0.05, 0) is 83.5 Å². The van der Waals surface area contributed by atoms with Crippen molar-refractivity contribution in [1.29, 1.82) is 0 Å². The van der Waals surface area contributed by atoms with E-state index in [1.165, 1.54) is 103 Å². The first-order chi connectivity index (χ1) is 34.8. The van der Waals surface area contributed by atoms with Gasteiger partial charge >= 0.3 is 19.8 Å². The fourth-order valence-corrected chi connectivity index (χ4v) is 8.28. The van der Waals surface area contributed by atoms with Crippen LogP contribution in [0.5, 0.6) is 0 Å². The summed E-state index contributed by atoms with van der Waals surface area (Å²) in [7, 11) is -4.38. The molecule has 406 valence electrons. The van der Waals surface area contributed by atoms with Gasteiger partial charge in [-0.2, -0.15) is 0 Å². The van der Waals surface area contributed by atoms with Crippen LogP contribution in [0, 0.1) is 0 Å². The molecular weight excluding hydrogens is 906 g/mol. The van der Waals surface area contributed by atoms with E-state index in [0.29, 0.717) is 6.42 Å². The van der Waals surface area contributed by atoms with Crippen LogP contribution in [0.2, 0.25) is 0 Å². The van der Waals surface area contributed by atoms with Crippen LogP contribution >= 0.6 is 7.82 Å². The first-order valence-corrected chi connectivity index (χ1v) is 29.9. The van der Waals surface area contributed by atoms with Gasteiger partial charge < -0.3 is 20.1 Å². The molecule has 0 aromatic rings. The fraction of sp³-hybridized carbons (Fsp3) is 0.672. The van der Waals surface area contributed by atoms with E-state index in [0.717, 1.165) is 96.3 Å². The number of rotatable bonds is 52. The summed E-state index contributed by atoms with van der Waals surface area (Å²) in [5, 5.41) is 0. The van der Waals surface area contributed by atoms with Crippen LogP contribution in [-0.2, 0) is 32.7 Å². The molecule has 0 rings (SSSR count). The lowest BCUT2D eigenvalue weighted by Crippen LogP contribution is -2.29. The largest absolute Gasteiger partial charge is 0.472 e. The maximum atomic E-state index is 12.6. The monoisotopic (exact) mass is 1010 g/mol. The summed E-state index contributed by atoms with van der Waals surface area (Å²) in [6.07, 6.45) is 76.0. The van der Waals surface area contributed by atoms with Crippen molar-refractivity contribution in [2.24, 2.45) is 5.73 Å². The summed E-state index contributed by atoms with van der Waals surface area (Å²) in [5.74, 6) is -0.833. The molecule has 0 radical (unpaired) electrons. The number of hydrogen-bond donors (Lipinski definition) is 2. The molecule has 0 bridgehead atoms. The Bertz CT molecular complexity index is 1530. The number of unbranched alkanes of at least 4 members (excludes halogenated alkanes) is 21. The van der Waals surface area contributed by atoms with Crippen LogP contribution in [0.4, 0.5) is 0 Å². The van der Waals surface area contributed by atoms with Crippen molar-refractivity contribution < 1.29 is 37.6 Å². The number of phosphoric ester groups is 1. The van der Waals surface area contributed by atoms with Crippen molar-refractivity contribution in [3.8, 4) is 0 Å². The van der Waals surface area contributed by atoms with Crippen LogP contribution in [0.25, 0.3) is 0 Å². The molecule has 2 unspecified atom stereocenters. The quantitative estimate of drug-likeness (QED) is 0.0264. The molecule has 3 N–H and O–H groups in total. The molecule has 0 saturated heterocycles. The molecule has 0 aromatic carbocycles. The molecule has 0 heterocycles. The SMILES string of the molecule is CC/C=C\C/C=C\C/C=C\C/C=C\C/C=C\C/C=C\C/C=C\C/C=C\C/C=C\CCCCCCCCCCCCCCCC(=O)OC(COC(=O)CCCCCCCCCCC)COP(=O)(O)OCCN. The first-order valence-electron chi connectivity index (χ1n) is 28.4. The summed E-state index contributed by atoms with van der Waals surface area (Å²) in [4.78, 5) is 34.9. The van der Waals surface area contributed by atoms with Crippen molar-refractivity contribution in [2.75, 3.05) is 26.4 Å². The minimum atomic E-state index is -4.38. The number of allylic oxidation sites excluding steroid dienone is 18. The second kappa shape index (κ2) is 56.0. The number of ether oxygens (including phenoxy) is 2. The summed E-state index contributed by atoms with van der Waals surface area (Å²) in [6, 6.07) is 0. The Morgan fingerprint density at radius 1 is 0.437 bits per heavy atom. The van der Waals surface area contributed by atoms with Gasteiger partial charge in [0.2, 0.25) is 0 Å². The van der Waals surface area contributed by atoms with Gasteiger partial charge in [0, 0.05) is 19.4 Å². The molecule has 0 saturated carbocycles. The molecule has 0 spiro atoms. The molecule has 0 amide bonds. The lowest BCUT2D eigenvalue weighted by atomic mass is 10.0. The molecular formula is C61H104NO8P. The van der Waals surface area contributed by atoms with Gasteiger partial charge in [0.05, 0.1) is 13.2 Å². The molecule has 9 nitrogen and oxygen atoms in total. The third kappa shape index (κ3) is 55.8. The van der Waals surface area contributed by atoms with Crippen molar-refractivity contribution in [3.63, 3.8) is 0 Å². The second-order valence-electron chi connectivity index (χ2n) is 18.4. The van der Waals surface area contributed by atoms with Crippen molar-refractivity contribution in [3.05, 3.63) is 109 Å². The third-order valence-electron chi connectivity index (χ3n) is 11.7. The van der Waals surface area contributed by atoms with Crippen LogP contribution in [0.15, 0.2) is 109 Å². The topological polar surface area (TPSA) is 134 Å². The van der Waals surface area contributed by atoms with Gasteiger partial charge in [0.25, 0.3) is 0 Å². The minimum Gasteiger partial charge on any atom is -0.462 e. The Kier molecular flexibility index (Phi) is 53.3. The highest BCUT2D eigenvalue weighted by atomic mass is 31.2. The number of carbonyl (C=O) groups excluding carboxylic acids is 2. The Balaban J connectivity index is 3.85. The van der Waals surface area contributed by atoms with E-state index in [1.807, 2.05) is 0 Å². The number of hydrogen-bond acceptors (Lipinski definition) is 8. The molecule has 0 aliphatic rings. The molecule has 0 aliphatic carbocycles. The minimum absolute atomic E-state index is 0.0508. The second-order valence-corrected chi connectivity index (χ2v) is 19.9. The molecule has 10 heteroatoms. The lowest BCUT2D eigenvalue weighted by Gasteiger charge is -2.19. The number of esters is 2. The van der Waals surface area contributed by atoms with Crippen LogP contribution < -0.4 is 5.73 Å². The normalized spacial score (nSPS) is 13.9. The van der Waals surface area contributed by atoms with E-state index in [2.05, 4.69) is 123 Å². The molecule has 2 atom stereocenters. The summed E-state index contributed by atoms with van der Waals surface area (Å²) < 4.78 is 32.8. The van der Waals surface area contributed by atoms with Crippen molar-refractivity contribution >= 4 is 19.8 Å². The van der Waals surface area contributed by atoms with Gasteiger partial charge in [-0.3, -0.25) is 18.6 Å². The van der Waals surface area contributed by atoms with Crippen LogP contribution in [-0.4, -0.2) is 49.3 Å². The Hall–Kier alpha value is -3.33. The highest BCUT2D eigenvalue weighted by molar-refractivity contribution is 7.47. The van der Waals surface area contributed by atoms with Gasteiger partial charge in [-0.25, -0.2) is 4.57 Å². The first kappa shape index (κ1) is 67.7. The van der Waals surface area contributed by atoms with E-state index < -0.39 is 26.5 Å². The van der Waals surface area contributed by atoms with E-state index in [9.17, 15) is 19.0 Å². The molecule has 0 aromatic heterocycles. The average Bonchev–Trinajstić information content (AvgIpc) is 3.36. The van der Waals surface area contributed by atoms with Crippen LogP contribution in [0.1, 0.15) is 232 Å². The molecule has 0 fully saturated rings. The predicted molar refractivity (Wildman–Crippen MR) is 302 cm³/mol. The highest BCUT2D eigenvalue weighted by Crippen LogP contribution is 2.43. The van der Waals surface area contributed by atoms with Crippen molar-refractivity contribution in [1.82, 2.24) is 0 Å². The van der Waals surface area contributed by atoms with Gasteiger partial charge in [0.15, 0.2) is 6.10 Å². The highest BCUT2D eigenvalue weighted by Gasteiger charge is 2.26. The average molecular weight is 1010 g/mol. The summed E-state index contributed by atoms with van der Waals surface area (Å²) in [6.45, 7) is 3.59. The number of nitrogens with two attached hydrogens (primary N) is 1. The Morgan fingerprint density at radius 2 is 0.775 bits per heavy atom. The number of carbonyl (C=O) groups is 2. The Morgan fingerprint density at radius 3 is 1.15 bits per heavy atom. The zero-order valence-electron chi connectivity index (χ0n) is 45.2. The third-order valence-corrected chi connectivity index (χ3v) is 12.7. The predicted octanol–water partition coefficient (Wildman–Crippen LogP) is 17.8. The van der Waals surface area contributed by atoms with Crippen LogP contribution in [0.3, 0.4) is 0 Å². The lowest BCUT2D eigenvalue weighted by molar-refractivity contribution is -0.161. The summed E-state index contributed by atoms with van der Waals surface area (Å²) >= 11 is 0. The van der Waals surface area contributed by atoms with Gasteiger partial charge in [-0.15, -0.1) is 0 Å². The van der Waals surface area contributed by atoms with Gasteiger partial charge in [0.1, 0.15) is 6.61 Å². The molecule has 0 aliphatic heterocycles. The zero-order valence-corrected chi connectivity index (χ0v) is 46.1. The maximum Gasteiger partial charge on any atom is 0.472 e. The van der Waals surface area contributed by atoms with E-state index in [1.54, 1.807) is 0 Å². The standard InChI is InChI=1S/C61H104NO8P/c1-3-5-7-9-11-13-14-15-16-17-18-19-20-21-22-23-24-25-26-27-28-29-30-31-32-33-34-35-36-37-38-39-40-41-42-43-44-46-48-50-52-54-61(64)70-59(58-69-71(65,66)68-56-55-62)57-67-60(63)53-51-49-47-45-12-10-8-6-4-2/h5,7,11,13,15-16,18-19,21-22,24-25,27-28,30-31,33-34,59H,3-4,6,8-10,12,14,17,20,23,26,29,32,35-58,62H2,1-2H3,(H,65,66)/b7-5-,13-11-,16-15-,19-18-,22-21-,25-24-,28-27-,31-30-,34-33-. The van der Waals surface area contributed by atoms with E-state index in [4.69, 9.17) is 24.3 Å². The summed E-state index contributed by atoms with van der Waals surface area (Å²) in [5.41, 5.74) is 5.36. The smallest absolute Gasteiger partial charge is 0.462 e. The zero-order chi connectivity index (χ0) is 51.7. The van der Waals surface area contributed by atoms with E-state index in [-0.39, 0.29) is 38.6 Å². The molecule has 71 heavy (non-hydrogen) atoms.